The molecule has 1 unspecified atom stereocenters. The third kappa shape index (κ3) is 2.73. The van der Waals surface area contributed by atoms with Crippen LogP contribution in [0.2, 0.25) is 0 Å². The zero-order valence-electron chi connectivity index (χ0n) is 8.01. The van der Waals surface area contributed by atoms with Gasteiger partial charge in [0.25, 0.3) is 0 Å². The Labute approximate surface area is 88.2 Å². The van der Waals surface area contributed by atoms with E-state index in [2.05, 4.69) is 35.8 Å². The highest BCUT2D eigenvalue weighted by Crippen LogP contribution is 2.28. The van der Waals surface area contributed by atoms with Crippen molar-refractivity contribution < 1.29 is 4.74 Å². The molecule has 2 heteroatoms. The number of halogens is 1. The van der Waals surface area contributed by atoms with Crippen molar-refractivity contribution in [3.05, 3.63) is 35.2 Å². The maximum Gasteiger partial charge on any atom is 0.133 e. The predicted octanol–water partition coefficient (Wildman–Crippen LogP) is 3.79. The molecule has 13 heavy (non-hydrogen) atoms. The lowest BCUT2D eigenvalue weighted by Crippen LogP contribution is -1.94. The molecule has 1 radical (unpaired) electrons. The van der Waals surface area contributed by atoms with Gasteiger partial charge in [0, 0.05) is 0 Å². The minimum absolute atomic E-state index is 0.312. The van der Waals surface area contributed by atoms with Crippen molar-refractivity contribution in [3.63, 3.8) is 0 Å². The first-order valence-electron chi connectivity index (χ1n) is 4.40. The summed E-state index contributed by atoms with van der Waals surface area (Å²) >= 11 is 3.46. The van der Waals surface area contributed by atoms with Gasteiger partial charge in [-0.3, -0.25) is 0 Å². The van der Waals surface area contributed by atoms with Crippen molar-refractivity contribution in [1.82, 2.24) is 0 Å². The average molecular weight is 242 g/mol. The van der Waals surface area contributed by atoms with E-state index in [1.165, 1.54) is 5.56 Å². The molecule has 1 aromatic rings. The van der Waals surface area contributed by atoms with Crippen LogP contribution in [0.5, 0.6) is 5.75 Å². The molecule has 0 fully saturated rings. The predicted molar refractivity (Wildman–Crippen MR) is 59.1 cm³/mol. The van der Waals surface area contributed by atoms with E-state index in [-0.39, 0.29) is 0 Å². The summed E-state index contributed by atoms with van der Waals surface area (Å²) in [7, 11) is 0. The van der Waals surface area contributed by atoms with Gasteiger partial charge in [-0.2, -0.15) is 0 Å². The van der Waals surface area contributed by atoms with E-state index in [0.717, 1.165) is 10.2 Å². The van der Waals surface area contributed by atoms with Crippen LogP contribution >= 0.6 is 15.9 Å². The number of benzene rings is 1. The quantitative estimate of drug-likeness (QED) is 0.783. The molecule has 0 aliphatic carbocycles. The smallest absolute Gasteiger partial charge is 0.133 e. The molecular formula is C11H14BrO. The molecule has 71 valence electrons. The van der Waals surface area contributed by atoms with Gasteiger partial charge in [0.1, 0.15) is 5.75 Å². The van der Waals surface area contributed by atoms with Gasteiger partial charge in [0.2, 0.25) is 0 Å². The largest absolute Gasteiger partial charge is 0.493 e. The maximum atomic E-state index is 5.40. The molecule has 1 aromatic carbocycles. The van der Waals surface area contributed by atoms with Gasteiger partial charge in [-0.1, -0.05) is 13.0 Å². The van der Waals surface area contributed by atoms with Crippen LogP contribution < -0.4 is 4.74 Å². The molecule has 0 aliphatic rings. The zero-order valence-corrected chi connectivity index (χ0v) is 9.60. The lowest BCUT2D eigenvalue weighted by molar-refractivity contribution is 0.338. The van der Waals surface area contributed by atoms with Crippen LogP contribution in [-0.2, 0) is 0 Å². The number of rotatable bonds is 3. The van der Waals surface area contributed by atoms with Crippen molar-refractivity contribution in [2.45, 2.75) is 19.8 Å². The summed E-state index contributed by atoms with van der Waals surface area (Å²) in [5.74, 6) is 1.21. The van der Waals surface area contributed by atoms with Crippen LogP contribution in [0.1, 0.15) is 25.3 Å². The fraction of sp³-hybridized carbons (Fsp3) is 0.364. The average Bonchev–Trinajstić information content (AvgIpc) is 2.08. The highest BCUT2D eigenvalue weighted by Gasteiger charge is 2.04. The van der Waals surface area contributed by atoms with E-state index in [9.17, 15) is 0 Å². The Balaban J connectivity index is 2.92. The summed E-state index contributed by atoms with van der Waals surface area (Å²) in [6.07, 6.45) is 0. The lowest BCUT2D eigenvalue weighted by atomic mass is 10.0. The minimum Gasteiger partial charge on any atom is -0.493 e. The third-order valence-corrected chi connectivity index (χ3v) is 2.44. The molecule has 0 saturated heterocycles. The van der Waals surface area contributed by atoms with Gasteiger partial charge >= 0.3 is 0 Å². The van der Waals surface area contributed by atoms with Crippen molar-refractivity contribution in [3.8, 4) is 5.75 Å². The summed E-state index contributed by atoms with van der Waals surface area (Å²) in [4.78, 5) is 0. The van der Waals surface area contributed by atoms with Crippen molar-refractivity contribution >= 4 is 15.9 Å². The maximum absolute atomic E-state index is 5.40. The molecular weight excluding hydrogens is 228 g/mol. The highest BCUT2D eigenvalue weighted by molar-refractivity contribution is 9.10. The first-order chi connectivity index (χ1) is 6.15. The minimum atomic E-state index is 0.312. The Bertz CT molecular complexity index is 281. The Kier molecular flexibility index (Phi) is 3.79. The molecule has 0 spiro atoms. The lowest BCUT2D eigenvalue weighted by Gasteiger charge is -2.09. The standard InChI is InChI=1S/C11H14BrO/c1-4-13-11-6-5-9(8(2)3)7-10(11)12/h5-8H,2,4H2,1,3H3. The molecule has 0 amide bonds. The Morgan fingerprint density at radius 2 is 2.23 bits per heavy atom. The van der Waals surface area contributed by atoms with Gasteiger partial charge in [-0.05, 0) is 53.4 Å². The van der Waals surface area contributed by atoms with Crippen LogP contribution in [0.3, 0.4) is 0 Å². The Morgan fingerprint density at radius 1 is 1.54 bits per heavy atom. The van der Waals surface area contributed by atoms with Crippen LogP contribution in [0.4, 0.5) is 0 Å². The summed E-state index contributed by atoms with van der Waals surface area (Å²) in [6, 6.07) is 6.08. The van der Waals surface area contributed by atoms with Crippen molar-refractivity contribution in [2.75, 3.05) is 6.61 Å². The van der Waals surface area contributed by atoms with Gasteiger partial charge in [0.15, 0.2) is 0 Å². The van der Waals surface area contributed by atoms with E-state index < -0.39 is 0 Å². The SMILES string of the molecule is [CH2]C(C)c1ccc(OCC)c(Br)c1. The first-order valence-corrected chi connectivity index (χ1v) is 5.19. The molecule has 1 nitrogen and oxygen atoms in total. The third-order valence-electron chi connectivity index (χ3n) is 1.82. The molecule has 1 rings (SSSR count). The highest BCUT2D eigenvalue weighted by atomic mass is 79.9. The van der Waals surface area contributed by atoms with E-state index in [1.807, 2.05) is 19.1 Å². The number of ether oxygens (including phenoxy) is 1. The first kappa shape index (κ1) is 10.6. The summed E-state index contributed by atoms with van der Waals surface area (Å²) in [5.41, 5.74) is 1.22. The topological polar surface area (TPSA) is 9.23 Å². The molecule has 0 aliphatic heterocycles. The van der Waals surface area contributed by atoms with Gasteiger partial charge in [0.05, 0.1) is 11.1 Å². The Morgan fingerprint density at radius 3 is 2.69 bits per heavy atom. The van der Waals surface area contributed by atoms with E-state index in [4.69, 9.17) is 4.74 Å². The van der Waals surface area contributed by atoms with Crippen LogP contribution in [0, 0.1) is 6.92 Å². The molecule has 0 saturated carbocycles. The normalized spacial score (nSPS) is 10.5. The molecule has 0 aromatic heterocycles. The molecule has 1 atom stereocenters. The monoisotopic (exact) mass is 241 g/mol. The van der Waals surface area contributed by atoms with Gasteiger partial charge in [-0.25, -0.2) is 0 Å². The van der Waals surface area contributed by atoms with Crippen LogP contribution in [-0.4, -0.2) is 6.61 Å². The summed E-state index contributed by atoms with van der Waals surface area (Å²) in [6.45, 7) is 8.70. The second-order valence-corrected chi connectivity index (χ2v) is 3.88. The fourth-order valence-electron chi connectivity index (χ4n) is 1.10. The van der Waals surface area contributed by atoms with Crippen molar-refractivity contribution in [2.24, 2.45) is 0 Å². The van der Waals surface area contributed by atoms with Gasteiger partial charge < -0.3 is 4.74 Å². The fourth-order valence-corrected chi connectivity index (χ4v) is 1.61. The van der Waals surface area contributed by atoms with Crippen LogP contribution in [0.15, 0.2) is 22.7 Å². The van der Waals surface area contributed by atoms with E-state index in [1.54, 1.807) is 0 Å². The summed E-state index contributed by atoms with van der Waals surface area (Å²) < 4.78 is 6.41. The van der Waals surface area contributed by atoms with Crippen LogP contribution in [0.25, 0.3) is 0 Å². The Hall–Kier alpha value is -0.500. The van der Waals surface area contributed by atoms with Crippen molar-refractivity contribution in [1.29, 1.82) is 0 Å². The second kappa shape index (κ2) is 4.66. The van der Waals surface area contributed by atoms with E-state index >= 15 is 0 Å². The van der Waals surface area contributed by atoms with E-state index in [0.29, 0.717) is 12.5 Å². The zero-order chi connectivity index (χ0) is 9.84. The number of hydrogen-bond donors (Lipinski definition) is 0. The number of hydrogen-bond acceptors (Lipinski definition) is 1. The summed E-state index contributed by atoms with van der Waals surface area (Å²) in [5, 5.41) is 0. The molecule has 0 heterocycles. The molecule has 0 bridgehead atoms. The molecule has 0 N–H and O–H groups in total. The van der Waals surface area contributed by atoms with Gasteiger partial charge in [-0.15, -0.1) is 0 Å². The second-order valence-electron chi connectivity index (χ2n) is 3.02.